The predicted octanol–water partition coefficient (Wildman–Crippen LogP) is 3.35. The first-order valence-electron chi connectivity index (χ1n) is 12.3. The van der Waals surface area contributed by atoms with Gasteiger partial charge < -0.3 is 19.9 Å². The van der Waals surface area contributed by atoms with Crippen LogP contribution in [0.1, 0.15) is 21.7 Å². The van der Waals surface area contributed by atoms with Gasteiger partial charge in [-0.2, -0.15) is 5.10 Å². The molecule has 1 aliphatic heterocycles. The van der Waals surface area contributed by atoms with Gasteiger partial charge in [-0.05, 0) is 37.7 Å². The van der Waals surface area contributed by atoms with Gasteiger partial charge in [0.05, 0.1) is 11.2 Å². The molecule has 4 aromatic rings. The summed E-state index contributed by atoms with van der Waals surface area (Å²) < 4.78 is 7.78. The normalized spacial score (nSPS) is 14.1. The fourth-order valence-corrected chi connectivity index (χ4v) is 4.29. The third-order valence-corrected chi connectivity index (χ3v) is 6.41. The maximum atomic E-state index is 13.0. The number of ether oxygens (including phenoxy) is 1. The van der Waals surface area contributed by atoms with Crippen molar-refractivity contribution in [3.8, 4) is 5.75 Å². The highest BCUT2D eigenvalue weighted by molar-refractivity contribution is 6.05. The van der Waals surface area contributed by atoms with Crippen LogP contribution in [-0.4, -0.2) is 69.6 Å². The highest BCUT2D eigenvalue weighted by Gasteiger charge is 2.20. The molecule has 2 aromatic heterocycles. The number of nitrogens with one attached hydrogen (secondary N) is 1. The van der Waals surface area contributed by atoms with Crippen LogP contribution in [0, 0.1) is 6.92 Å². The van der Waals surface area contributed by atoms with Crippen molar-refractivity contribution in [1.82, 2.24) is 24.6 Å². The summed E-state index contributed by atoms with van der Waals surface area (Å²) in [6.07, 6.45) is 1.82. The number of likely N-dealkylation sites (N-methyl/N-ethyl adjacent to an activating group) is 1. The Morgan fingerprint density at radius 2 is 1.78 bits per heavy atom. The number of aryl methyl sites for hydroxylation is 1. The molecule has 0 spiro atoms. The molecule has 0 saturated carbocycles. The maximum absolute atomic E-state index is 13.0. The van der Waals surface area contributed by atoms with Gasteiger partial charge in [0.1, 0.15) is 24.6 Å². The minimum Gasteiger partial charge on any atom is -0.487 e. The Balaban J connectivity index is 1.40. The van der Waals surface area contributed by atoms with E-state index in [1.165, 1.54) is 0 Å². The van der Waals surface area contributed by atoms with Crippen LogP contribution in [0.5, 0.6) is 5.75 Å². The van der Waals surface area contributed by atoms with Crippen LogP contribution in [-0.2, 0) is 17.9 Å². The molecule has 0 unspecified atom stereocenters. The van der Waals surface area contributed by atoms with Crippen LogP contribution < -0.4 is 10.1 Å². The quantitative estimate of drug-likeness (QED) is 0.420. The average Bonchev–Trinajstić information content (AvgIpc) is 3.29. The zero-order valence-electron chi connectivity index (χ0n) is 21.1. The second-order valence-electron chi connectivity index (χ2n) is 9.31. The number of benzene rings is 2. The van der Waals surface area contributed by atoms with E-state index in [1.807, 2.05) is 60.5 Å². The SMILES string of the molecule is Cc1cccc(C(=O)Nc2cc3cn(CC(=O)N4CCN(C)CC4)nc3cc2OCc2ccccc2)n1. The molecule has 1 aliphatic rings. The van der Waals surface area contributed by atoms with Crippen LogP contribution in [0.15, 0.2) is 66.9 Å². The number of piperazine rings is 1. The average molecular weight is 499 g/mol. The lowest BCUT2D eigenvalue weighted by Gasteiger charge is -2.32. The monoisotopic (exact) mass is 498 g/mol. The number of rotatable bonds is 7. The lowest BCUT2D eigenvalue weighted by atomic mass is 10.2. The summed E-state index contributed by atoms with van der Waals surface area (Å²) >= 11 is 0. The summed E-state index contributed by atoms with van der Waals surface area (Å²) in [4.78, 5) is 34.2. The molecular formula is C28H30N6O3. The van der Waals surface area contributed by atoms with Crippen molar-refractivity contribution < 1.29 is 14.3 Å². The fourth-order valence-electron chi connectivity index (χ4n) is 4.29. The number of nitrogens with zero attached hydrogens (tertiary/aromatic N) is 5. The number of carbonyl (C=O) groups excluding carboxylic acids is 2. The van der Waals surface area contributed by atoms with E-state index in [-0.39, 0.29) is 18.4 Å². The standard InChI is InChI=1S/C28H30N6O3/c1-20-7-6-10-23(29-20)28(36)30-25-15-22-17-34(18-27(35)33-13-11-32(2)12-14-33)31-24(22)16-26(25)37-19-21-8-4-3-5-9-21/h3-10,15-17H,11-14,18-19H2,1-2H3,(H,30,36). The number of aromatic nitrogens is 3. The van der Waals surface area contributed by atoms with Gasteiger partial charge in [-0.3, -0.25) is 14.3 Å². The van der Waals surface area contributed by atoms with Crippen molar-refractivity contribution in [2.24, 2.45) is 0 Å². The van der Waals surface area contributed by atoms with Gasteiger partial charge in [0.2, 0.25) is 5.91 Å². The Morgan fingerprint density at radius 1 is 1.00 bits per heavy atom. The summed E-state index contributed by atoms with van der Waals surface area (Å²) in [7, 11) is 2.06. The Kier molecular flexibility index (Phi) is 7.14. The van der Waals surface area contributed by atoms with E-state index in [2.05, 4.69) is 27.3 Å². The highest BCUT2D eigenvalue weighted by atomic mass is 16.5. The summed E-state index contributed by atoms with van der Waals surface area (Å²) in [5.41, 5.74) is 3.28. The fraction of sp³-hybridized carbons (Fsp3) is 0.286. The molecule has 1 fully saturated rings. The summed E-state index contributed by atoms with van der Waals surface area (Å²) in [5.74, 6) is 0.207. The molecule has 1 saturated heterocycles. The van der Waals surface area contributed by atoms with E-state index < -0.39 is 0 Å². The maximum Gasteiger partial charge on any atom is 0.274 e. The molecule has 37 heavy (non-hydrogen) atoms. The summed E-state index contributed by atoms with van der Waals surface area (Å²) in [6, 6.07) is 18.8. The van der Waals surface area contributed by atoms with Gasteiger partial charge >= 0.3 is 0 Å². The minimum absolute atomic E-state index is 0.0421. The van der Waals surface area contributed by atoms with Crippen molar-refractivity contribution in [1.29, 1.82) is 0 Å². The second kappa shape index (κ2) is 10.8. The molecule has 2 aromatic carbocycles. The predicted molar refractivity (Wildman–Crippen MR) is 142 cm³/mol. The Hall–Kier alpha value is -4.24. The van der Waals surface area contributed by atoms with Crippen LogP contribution in [0.4, 0.5) is 5.69 Å². The Morgan fingerprint density at radius 3 is 2.54 bits per heavy atom. The van der Waals surface area contributed by atoms with E-state index in [4.69, 9.17) is 4.74 Å². The molecular weight excluding hydrogens is 468 g/mol. The highest BCUT2D eigenvalue weighted by Crippen LogP contribution is 2.31. The van der Waals surface area contributed by atoms with Crippen molar-refractivity contribution in [3.63, 3.8) is 0 Å². The van der Waals surface area contributed by atoms with Gasteiger partial charge in [-0.25, -0.2) is 4.98 Å². The lowest BCUT2D eigenvalue weighted by molar-refractivity contribution is -0.133. The van der Waals surface area contributed by atoms with Crippen LogP contribution in [0.3, 0.4) is 0 Å². The van der Waals surface area contributed by atoms with E-state index in [1.54, 1.807) is 22.9 Å². The Bertz CT molecular complexity index is 1410. The summed E-state index contributed by atoms with van der Waals surface area (Å²) in [5, 5.41) is 8.36. The molecule has 0 aliphatic carbocycles. The molecule has 1 N–H and O–H groups in total. The molecule has 190 valence electrons. The van der Waals surface area contributed by atoms with E-state index >= 15 is 0 Å². The molecule has 9 heteroatoms. The van der Waals surface area contributed by atoms with Crippen molar-refractivity contribution in [3.05, 3.63) is 83.8 Å². The van der Waals surface area contributed by atoms with Gasteiger partial charge in [0.25, 0.3) is 5.91 Å². The second-order valence-corrected chi connectivity index (χ2v) is 9.31. The molecule has 2 amide bonds. The number of hydrogen-bond donors (Lipinski definition) is 1. The van der Waals surface area contributed by atoms with Crippen LogP contribution >= 0.6 is 0 Å². The molecule has 0 atom stereocenters. The molecule has 0 radical (unpaired) electrons. The molecule has 3 heterocycles. The number of hydrogen-bond acceptors (Lipinski definition) is 6. The number of fused-ring (bicyclic) bond motifs is 1. The zero-order chi connectivity index (χ0) is 25.8. The van der Waals surface area contributed by atoms with E-state index in [9.17, 15) is 9.59 Å². The van der Waals surface area contributed by atoms with Gasteiger partial charge in [0, 0.05) is 49.5 Å². The third-order valence-electron chi connectivity index (χ3n) is 6.41. The van der Waals surface area contributed by atoms with Crippen LogP contribution in [0.2, 0.25) is 0 Å². The first-order chi connectivity index (χ1) is 17.9. The largest absolute Gasteiger partial charge is 0.487 e. The van der Waals surface area contributed by atoms with E-state index in [0.29, 0.717) is 29.3 Å². The minimum atomic E-state index is -0.328. The first-order valence-corrected chi connectivity index (χ1v) is 12.3. The number of carbonyl (C=O) groups is 2. The van der Waals surface area contributed by atoms with Gasteiger partial charge in [0.15, 0.2) is 0 Å². The zero-order valence-corrected chi connectivity index (χ0v) is 21.1. The topological polar surface area (TPSA) is 92.6 Å². The van der Waals surface area contributed by atoms with E-state index in [0.717, 1.165) is 42.8 Å². The lowest BCUT2D eigenvalue weighted by Crippen LogP contribution is -2.48. The van der Waals surface area contributed by atoms with Crippen molar-refractivity contribution in [2.75, 3.05) is 38.5 Å². The number of amides is 2. The first kappa shape index (κ1) is 24.5. The van der Waals surface area contributed by atoms with Gasteiger partial charge in [-0.1, -0.05) is 36.4 Å². The smallest absolute Gasteiger partial charge is 0.274 e. The summed E-state index contributed by atoms with van der Waals surface area (Å²) in [6.45, 7) is 5.51. The number of pyridine rings is 1. The number of anilines is 1. The molecule has 9 nitrogen and oxygen atoms in total. The third kappa shape index (κ3) is 5.95. The molecule has 0 bridgehead atoms. The van der Waals surface area contributed by atoms with Gasteiger partial charge in [-0.15, -0.1) is 0 Å². The molecule has 5 rings (SSSR count). The van der Waals surface area contributed by atoms with Crippen molar-refractivity contribution >= 4 is 28.4 Å². The Labute approximate surface area is 215 Å². The van der Waals surface area contributed by atoms with Crippen molar-refractivity contribution in [2.45, 2.75) is 20.1 Å². The van der Waals surface area contributed by atoms with Crippen LogP contribution in [0.25, 0.3) is 10.9 Å².